The molecule has 0 spiro atoms. The summed E-state index contributed by atoms with van der Waals surface area (Å²) >= 11 is 0. The Hall–Kier alpha value is -1.87. The number of para-hydroxylation sites is 1. The second-order valence-corrected chi connectivity index (χ2v) is 4.46. The van der Waals surface area contributed by atoms with Crippen LogP contribution in [0.25, 0.3) is 0 Å². The van der Waals surface area contributed by atoms with Gasteiger partial charge in [-0.2, -0.15) is 0 Å². The van der Waals surface area contributed by atoms with Crippen molar-refractivity contribution < 1.29 is 9.84 Å². The van der Waals surface area contributed by atoms with E-state index in [0.717, 1.165) is 28.9 Å². The molecule has 3 nitrogen and oxygen atoms in total. The Bertz CT molecular complexity index is 540. The highest BCUT2D eigenvalue weighted by atomic mass is 16.5. The van der Waals surface area contributed by atoms with Crippen LogP contribution in [-0.4, -0.2) is 17.2 Å². The summed E-state index contributed by atoms with van der Waals surface area (Å²) in [6, 6.07) is 9.67. The van der Waals surface area contributed by atoms with Gasteiger partial charge < -0.3 is 9.84 Å². The molecule has 0 fully saturated rings. The largest absolute Gasteiger partial charge is 0.496 e. The van der Waals surface area contributed by atoms with Crippen LogP contribution >= 0.6 is 0 Å². The van der Waals surface area contributed by atoms with Crippen molar-refractivity contribution in [1.82, 2.24) is 4.98 Å². The average Bonchev–Trinajstić information content (AvgIpc) is 2.47. The van der Waals surface area contributed by atoms with E-state index in [4.69, 9.17) is 4.74 Å². The van der Waals surface area contributed by atoms with E-state index in [1.165, 1.54) is 0 Å². The number of hydrogen-bond acceptors (Lipinski definition) is 3. The molecule has 1 heterocycles. The van der Waals surface area contributed by atoms with Crippen LogP contribution in [0.15, 0.2) is 42.7 Å². The Morgan fingerprint density at radius 3 is 2.74 bits per heavy atom. The number of aliphatic hydroxyl groups excluding tert-OH is 1. The third-order valence-corrected chi connectivity index (χ3v) is 3.29. The highest BCUT2D eigenvalue weighted by molar-refractivity contribution is 5.35. The molecule has 19 heavy (non-hydrogen) atoms. The molecule has 1 N–H and O–H groups in total. The predicted octanol–water partition coefficient (Wildman–Crippen LogP) is 2.93. The number of aliphatic hydroxyl groups is 1. The van der Waals surface area contributed by atoms with Gasteiger partial charge in [0.2, 0.25) is 0 Å². The van der Waals surface area contributed by atoms with Gasteiger partial charge in [-0.25, -0.2) is 0 Å². The number of pyridine rings is 1. The standard InChI is InChI=1S/C16H19NO2/c1-3-12-11-17-9-8-14(12)15(18)10-13-6-4-5-7-16(13)19-2/h4-9,11,15,18H,3,10H2,1-2H3. The molecular weight excluding hydrogens is 238 g/mol. The molecule has 0 saturated carbocycles. The zero-order valence-electron chi connectivity index (χ0n) is 11.3. The van der Waals surface area contributed by atoms with Crippen LogP contribution in [0.4, 0.5) is 0 Å². The molecule has 3 heteroatoms. The molecule has 1 aromatic heterocycles. The number of hydrogen-bond donors (Lipinski definition) is 1. The summed E-state index contributed by atoms with van der Waals surface area (Å²) in [6.07, 6.45) is 4.42. The van der Waals surface area contributed by atoms with Crippen molar-refractivity contribution in [2.45, 2.75) is 25.9 Å². The van der Waals surface area contributed by atoms with E-state index in [1.807, 2.05) is 36.5 Å². The monoisotopic (exact) mass is 257 g/mol. The Labute approximate surface area is 113 Å². The molecule has 1 atom stereocenters. The van der Waals surface area contributed by atoms with Crippen LogP contribution in [0.3, 0.4) is 0 Å². The normalized spacial score (nSPS) is 12.2. The number of ether oxygens (including phenoxy) is 1. The van der Waals surface area contributed by atoms with E-state index in [-0.39, 0.29) is 0 Å². The van der Waals surface area contributed by atoms with Gasteiger partial charge >= 0.3 is 0 Å². The Morgan fingerprint density at radius 1 is 1.21 bits per heavy atom. The molecule has 100 valence electrons. The minimum absolute atomic E-state index is 0.533. The molecular formula is C16H19NO2. The molecule has 0 saturated heterocycles. The van der Waals surface area contributed by atoms with E-state index >= 15 is 0 Å². The fraction of sp³-hybridized carbons (Fsp3) is 0.312. The molecule has 1 unspecified atom stereocenters. The first-order valence-electron chi connectivity index (χ1n) is 6.49. The number of benzene rings is 1. The van der Waals surface area contributed by atoms with E-state index in [9.17, 15) is 5.11 Å². The zero-order valence-corrected chi connectivity index (χ0v) is 11.3. The first-order chi connectivity index (χ1) is 9.26. The highest BCUT2D eigenvalue weighted by Crippen LogP contribution is 2.26. The zero-order chi connectivity index (χ0) is 13.7. The Balaban J connectivity index is 2.23. The molecule has 2 rings (SSSR count). The molecule has 0 aliphatic heterocycles. The summed E-state index contributed by atoms with van der Waals surface area (Å²) in [4.78, 5) is 4.10. The first-order valence-corrected chi connectivity index (χ1v) is 6.49. The number of rotatable bonds is 5. The van der Waals surface area contributed by atoms with Crippen LogP contribution in [0.2, 0.25) is 0 Å². The van der Waals surface area contributed by atoms with Gasteiger partial charge in [-0.15, -0.1) is 0 Å². The maximum atomic E-state index is 10.4. The van der Waals surface area contributed by atoms with E-state index in [0.29, 0.717) is 6.42 Å². The number of nitrogens with zero attached hydrogens (tertiary/aromatic N) is 1. The first kappa shape index (κ1) is 13.6. The molecule has 2 aromatic rings. The summed E-state index contributed by atoms with van der Waals surface area (Å²) in [6.45, 7) is 2.07. The van der Waals surface area contributed by atoms with Crippen LogP contribution in [0, 0.1) is 0 Å². The van der Waals surface area contributed by atoms with Crippen LogP contribution in [0.5, 0.6) is 5.75 Å². The van der Waals surface area contributed by atoms with Crippen molar-refractivity contribution in [3.05, 3.63) is 59.4 Å². The maximum Gasteiger partial charge on any atom is 0.122 e. The van der Waals surface area contributed by atoms with Crippen molar-refractivity contribution >= 4 is 0 Å². The van der Waals surface area contributed by atoms with E-state index in [2.05, 4.69) is 11.9 Å². The summed E-state index contributed by atoms with van der Waals surface area (Å²) in [5, 5.41) is 10.4. The summed E-state index contributed by atoms with van der Waals surface area (Å²) in [5.74, 6) is 0.814. The topological polar surface area (TPSA) is 42.4 Å². The van der Waals surface area contributed by atoms with Gasteiger partial charge in [-0.3, -0.25) is 4.98 Å². The van der Waals surface area contributed by atoms with Gasteiger partial charge in [-0.1, -0.05) is 25.1 Å². The maximum absolute atomic E-state index is 10.4. The molecule has 0 aliphatic rings. The van der Waals surface area contributed by atoms with Crippen molar-refractivity contribution in [3.8, 4) is 5.75 Å². The summed E-state index contributed by atoms with van der Waals surface area (Å²) < 4.78 is 5.32. The smallest absolute Gasteiger partial charge is 0.122 e. The molecule has 0 amide bonds. The van der Waals surface area contributed by atoms with Crippen LogP contribution < -0.4 is 4.74 Å². The lowest BCUT2D eigenvalue weighted by Crippen LogP contribution is -2.06. The third kappa shape index (κ3) is 3.12. The number of methoxy groups -OCH3 is 1. The van der Waals surface area contributed by atoms with Crippen molar-refractivity contribution in [1.29, 1.82) is 0 Å². The second-order valence-electron chi connectivity index (χ2n) is 4.46. The average molecular weight is 257 g/mol. The fourth-order valence-electron chi connectivity index (χ4n) is 2.25. The predicted molar refractivity (Wildman–Crippen MR) is 75.3 cm³/mol. The van der Waals surface area contributed by atoms with Gasteiger partial charge in [0.15, 0.2) is 0 Å². The van der Waals surface area contributed by atoms with Gasteiger partial charge in [-0.05, 0) is 35.2 Å². The quantitative estimate of drug-likeness (QED) is 0.895. The van der Waals surface area contributed by atoms with Crippen molar-refractivity contribution in [2.75, 3.05) is 7.11 Å². The lowest BCUT2D eigenvalue weighted by atomic mass is 9.97. The fourth-order valence-corrected chi connectivity index (χ4v) is 2.25. The second kappa shape index (κ2) is 6.34. The van der Waals surface area contributed by atoms with Gasteiger partial charge in [0.05, 0.1) is 13.2 Å². The molecule has 1 aromatic carbocycles. The number of aromatic nitrogens is 1. The van der Waals surface area contributed by atoms with Gasteiger partial charge in [0.25, 0.3) is 0 Å². The van der Waals surface area contributed by atoms with Gasteiger partial charge in [0, 0.05) is 18.8 Å². The van der Waals surface area contributed by atoms with Crippen molar-refractivity contribution in [3.63, 3.8) is 0 Å². The minimum atomic E-state index is -0.533. The van der Waals surface area contributed by atoms with Crippen LogP contribution in [0.1, 0.15) is 29.7 Å². The minimum Gasteiger partial charge on any atom is -0.496 e. The molecule has 0 radical (unpaired) electrons. The van der Waals surface area contributed by atoms with E-state index < -0.39 is 6.10 Å². The SMILES string of the molecule is CCc1cnccc1C(O)Cc1ccccc1OC. The van der Waals surface area contributed by atoms with Crippen molar-refractivity contribution in [2.24, 2.45) is 0 Å². The van der Waals surface area contributed by atoms with E-state index in [1.54, 1.807) is 13.3 Å². The highest BCUT2D eigenvalue weighted by Gasteiger charge is 2.14. The summed E-state index contributed by atoms with van der Waals surface area (Å²) in [5.41, 5.74) is 3.05. The molecule has 0 bridgehead atoms. The number of aryl methyl sites for hydroxylation is 1. The summed E-state index contributed by atoms with van der Waals surface area (Å²) in [7, 11) is 1.65. The third-order valence-electron chi connectivity index (χ3n) is 3.29. The van der Waals surface area contributed by atoms with Crippen LogP contribution in [-0.2, 0) is 12.8 Å². The lowest BCUT2D eigenvalue weighted by Gasteiger charge is -2.16. The Kier molecular flexibility index (Phi) is 4.53. The molecule has 0 aliphatic carbocycles. The lowest BCUT2D eigenvalue weighted by molar-refractivity contribution is 0.176. The van der Waals surface area contributed by atoms with Gasteiger partial charge in [0.1, 0.15) is 5.75 Å². The Morgan fingerprint density at radius 2 is 2.00 bits per heavy atom.